The van der Waals surface area contributed by atoms with Crippen LogP contribution in [-0.2, 0) is 9.53 Å². The first-order chi connectivity index (χ1) is 9.03. The number of benzene rings is 1. The maximum Gasteiger partial charge on any atom is 0.339 e. The molecular weight excluding hydrogens is 240 g/mol. The van der Waals surface area contributed by atoms with Crippen LogP contribution < -0.4 is 0 Å². The number of allylic oxidation sites excluding steroid dienone is 1. The van der Waals surface area contributed by atoms with Gasteiger partial charge in [-0.3, -0.25) is 4.79 Å². The zero-order valence-electron chi connectivity index (χ0n) is 11.3. The van der Waals surface area contributed by atoms with E-state index in [-0.39, 0.29) is 5.78 Å². The number of hydrogen-bond donors (Lipinski definition) is 0. The number of hydrogen-bond acceptors (Lipinski definition) is 3. The summed E-state index contributed by atoms with van der Waals surface area (Å²) in [7, 11) is 0. The summed E-state index contributed by atoms with van der Waals surface area (Å²) in [6.07, 6.45) is 3.83. The van der Waals surface area contributed by atoms with Gasteiger partial charge in [-0.1, -0.05) is 29.8 Å². The Hall–Kier alpha value is -1.90. The van der Waals surface area contributed by atoms with Crippen LogP contribution in [0.1, 0.15) is 43.5 Å². The van der Waals surface area contributed by atoms with Crippen molar-refractivity contribution in [2.75, 3.05) is 0 Å². The highest BCUT2D eigenvalue weighted by Crippen LogP contribution is 2.32. The Labute approximate surface area is 113 Å². The molecule has 0 saturated heterocycles. The van der Waals surface area contributed by atoms with Crippen LogP contribution in [-0.4, -0.2) is 17.4 Å². The standard InChI is InChI=1S/C16H18O3/c1-12-8-10-16(11-9-12,13(2)17)19-15(18)14-6-4-3-5-7-14/h3-8H,9-11H2,1-2H3/t16-/m1/s1. The van der Waals surface area contributed by atoms with Crippen molar-refractivity contribution in [1.29, 1.82) is 0 Å². The van der Waals surface area contributed by atoms with Crippen molar-refractivity contribution < 1.29 is 14.3 Å². The number of ether oxygens (including phenoxy) is 1. The predicted octanol–water partition coefficient (Wildman–Crippen LogP) is 3.30. The third kappa shape index (κ3) is 2.92. The second kappa shape index (κ2) is 5.39. The Bertz CT molecular complexity index is 516. The van der Waals surface area contributed by atoms with Crippen LogP contribution in [0.25, 0.3) is 0 Å². The molecule has 1 aliphatic carbocycles. The molecule has 1 aromatic rings. The Kier molecular flexibility index (Phi) is 3.84. The molecule has 100 valence electrons. The normalized spacial score (nSPS) is 22.5. The van der Waals surface area contributed by atoms with E-state index in [2.05, 4.69) is 0 Å². The molecule has 0 saturated carbocycles. The molecule has 2 rings (SSSR count). The van der Waals surface area contributed by atoms with Crippen molar-refractivity contribution >= 4 is 11.8 Å². The quantitative estimate of drug-likeness (QED) is 0.617. The predicted molar refractivity (Wildman–Crippen MR) is 72.9 cm³/mol. The van der Waals surface area contributed by atoms with Crippen LogP contribution in [0, 0.1) is 0 Å². The lowest BCUT2D eigenvalue weighted by molar-refractivity contribution is -0.137. The molecule has 3 heteroatoms. The van der Waals surface area contributed by atoms with E-state index in [1.807, 2.05) is 19.1 Å². The number of carbonyl (C=O) groups is 2. The van der Waals surface area contributed by atoms with Gasteiger partial charge in [0.05, 0.1) is 5.56 Å². The molecular formula is C16H18O3. The minimum absolute atomic E-state index is 0.0828. The SMILES string of the molecule is CC(=O)[C@@]1(OC(=O)c2ccccc2)CC=C(C)CC1. The maximum absolute atomic E-state index is 12.1. The molecule has 0 bridgehead atoms. The Morgan fingerprint density at radius 1 is 1.21 bits per heavy atom. The smallest absolute Gasteiger partial charge is 0.339 e. The van der Waals surface area contributed by atoms with Crippen LogP contribution in [0.2, 0.25) is 0 Å². The Morgan fingerprint density at radius 2 is 1.89 bits per heavy atom. The number of carbonyl (C=O) groups excluding carboxylic acids is 2. The first-order valence-electron chi connectivity index (χ1n) is 6.48. The van der Waals surface area contributed by atoms with E-state index in [0.29, 0.717) is 18.4 Å². The van der Waals surface area contributed by atoms with Gasteiger partial charge in [0.15, 0.2) is 11.4 Å². The van der Waals surface area contributed by atoms with Crippen molar-refractivity contribution in [3.8, 4) is 0 Å². The molecule has 0 aliphatic heterocycles. The molecule has 1 aromatic carbocycles. The van der Waals surface area contributed by atoms with Crippen LogP contribution in [0.3, 0.4) is 0 Å². The van der Waals surface area contributed by atoms with E-state index in [1.165, 1.54) is 12.5 Å². The van der Waals surface area contributed by atoms with Crippen LogP contribution in [0.4, 0.5) is 0 Å². The largest absolute Gasteiger partial charge is 0.447 e. The highest BCUT2D eigenvalue weighted by molar-refractivity contribution is 5.94. The lowest BCUT2D eigenvalue weighted by Crippen LogP contribution is -2.43. The molecule has 0 spiro atoms. The van der Waals surface area contributed by atoms with E-state index >= 15 is 0 Å². The Morgan fingerprint density at radius 3 is 2.42 bits per heavy atom. The molecule has 3 nitrogen and oxygen atoms in total. The maximum atomic E-state index is 12.1. The highest BCUT2D eigenvalue weighted by Gasteiger charge is 2.40. The van der Waals surface area contributed by atoms with E-state index in [9.17, 15) is 9.59 Å². The van der Waals surface area contributed by atoms with Gasteiger partial charge in [-0.15, -0.1) is 0 Å². The van der Waals surface area contributed by atoms with Crippen molar-refractivity contribution in [3.63, 3.8) is 0 Å². The summed E-state index contributed by atoms with van der Waals surface area (Å²) >= 11 is 0. The molecule has 19 heavy (non-hydrogen) atoms. The summed E-state index contributed by atoms with van der Waals surface area (Å²) in [5, 5.41) is 0. The van der Waals surface area contributed by atoms with Gasteiger partial charge >= 0.3 is 5.97 Å². The lowest BCUT2D eigenvalue weighted by Gasteiger charge is -2.33. The highest BCUT2D eigenvalue weighted by atomic mass is 16.6. The number of esters is 1. The van der Waals surface area contributed by atoms with Crippen LogP contribution in [0.5, 0.6) is 0 Å². The van der Waals surface area contributed by atoms with Crippen LogP contribution >= 0.6 is 0 Å². The zero-order chi connectivity index (χ0) is 13.9. The van der Waals surface area contributed by atoms with Gasteiger partial charge in [0.25, 0.3) is 0 Å². The molecule has 0 unspecified atom stereocenters. The first-order valence-corrected chi connectivity index (χ1v) is 6.48. The number of Topliss-reactive ketones (excluding diaryl/α,β-unsaturated/α-hetero) is 1. The summed E-state index contributed by atoms with van der Waals surface area (Å²) in [5.74, 6) is -0.510. The summed E-state index contributed by atoms with van der Waals surface area (Å²) in [4.78, 5) is 24.0. The minimum Gasteiger partial charge on any atom is -0.447 e. The van der Waals surface area contributed by atoms with Crippen LogP contribution in [0.15, 0.2) is 42.0 Å². The van der Waals surface area contributed by atoms with E-state index in [0.717, 1.165) is 6.42 Å². The summed E-state index contributed by atoms with van der Waals surface area (Å²) < 4.78 is 5.54. The molecule has 0 heterocycles. The number of ketones is 1. The van der Waals surface area contributed by atoms with Crippen molar-refractivity contribution in [2.24, 2.45) is 0 Å². The van der Waals surface area contributed by atoms with Gasteiger partial charge < -0.3 is 4.74 Å². The topological polar surface area (TPSA) is 43.4 Å². The van der Waals surface area contributed by atoms with E-state index in [4.69, 9.17) is 4.74 Å². The second-order valence-corrected chi connectivity index (χ2v) is 5.06. The fourth-order valence-corrected chi connectivity index (χ4v) is 2.24. The summed E-state index contributed by atoms with van der Waals surface area (Å²) in [5.41, 5.74) is 0.744. The molecule has 0 radical (unpaired) electrons. The van der Waals surface area contributed by atoms with Gasteiger partial charge in [0.1, 0.15) is 0 Å². The summed E-state index contributed by atoms with van der Waals surface area (Å²) in [6.45, 7) is 3.52. The van der Waals surface area contributed by atoms with E-state index < -0.39 is 11.6 Å². The Balaban J connectivity index is 2.19. The van der Waals surface area contributed by atoms with Crippen molar-refractivity contribution in [3.05, 3.63) is 47.5 Å². The summed E-state index contributed by atoms with van der Waals surface area (Å²) in [6, 6.07) is 8.79. The van der Waals surface area contributed by atoms with Crippen molar-refractivity contribution in [2.45, 2.75) is 38.7 Å². The molecule has 0 fully saturated rings. The second-order valence-electron chi connectivity index (χ2n) is 5.06. The average Bonchev–Trinajstić information content (AvgIpc) is 2.42. The first kappa shape index (κ1) is 13.5. The average molecular weight is 258 g/mol. The van der Waals surface area contributed by atoms with Gasteiger partial charge in [-0.05, 0) is 38.8 Å². The third-order valence-corrected chi connectivity index (χ3v) is 3.64. The molecule has 1 aliphatic rings. The monoisotopic (exact) mass is 258 g/mol. The molecule has 0 N–H and O–H groups in total. The van der Waals surface area contributed by atoms with Gasteiger partial charge in [0, 0.05) is 6.42 Å². The van der Waals surface area contributed by atoms with E-state index in [1.54, 1.807) is 24.3 Å². The van der Waals surface area contributed by atoms with Crippen molar-refractivity contribution in [1.82, 2.24) is 0 Å². The fourth-order valence-electron chi connectivity index (χ4n) is 2.24. The fraction of sp³-hybridized carbons (Fsp3) is 0.375. The minimum atomic E-state index is -0.980. The van der Waals surface area contributed by atoms with Gasteiger partial charge in [-0.25, -0.2) is 4.79 Å². The molecule has 0 amide bonds. The lowest BCUT2D eigenvalue weighted by atomic mass is 9.83. The zero-order valence-corrected chi connectivity index (χ0v) is 11.3. The number of rotatable bonds is 3. The molecule has 0 aromatic heterocycles. The molecule has 1 atom stereocenters. The van der Waals surface area contributed by atoms with Gasteiger partial charge in [-0.2, -0.15) is 0 Å². The third-order valence-electron chi connectivity index (χ3n) is 3.64. The van der Waals surface area contributed by atoms with Gasteiger partial charge in [0.2, 0.25) is 0 Å².